The molecule has 1 saturated heterocycles. The first-order chi connectivity index (χ1) is 16.7. The smallest absolute Gasteiger partial charge is 0.370 e. The van der Waals surface area contributed by atoms with Gasteiger partial charge in [0.05, 0.1) is 35.8 Å². The van der Waals surface area contributed by atoms with Gasteiger partial charge >= 0.3 is 6.18 Å². The van der Waals surface area contributed by atoms with Crippen LogP contribution in [-0.2, 0) is 10.9 Å². The summed E-state index contributed by atoms with van der Waals surface area (Å²) < 4.78 is 45.1. The maximum absolute atomic E-state index is 13.1. The Labute approximate surface area is 198 Å². The van der Waals surface area contributed by atoms with Crippen molar-refractivity contribution in [2.24, 2.45) is 0 Å². The number of pyridine rings is 1. The minimum Gasteiger partial charge on any atom is -0.370 e. The molecule has 0 radical (unpaired) electrons. The van der Waals surface area contributed by atoms with Crippen LogP contribution in [0.4, 0.5) is 19.1 Å². The molecule has 35 heavy (non-hydrogen) atoms. The van der Waals surface area contributed by atoms with E-state index in [1.54, 1.807) is 19.3 Å². The van der Waals surface area contributed by atoms with Crippen molar-refractivity contribution in [3.63, 3.8) is 0 Å². The largest absolute Gasteiger partial charge is 0.417 e. The number of morpholine rings is 1. The highest BCUT2D eigenvalue weighted by Crippen LogP contribution is 2.32. The molecule has 5 rings (SSSR count). The van der Waals surface area contributed by atoms with E-state index in [1.165, 1.54) is 6.07 Å². The summed E-state index contributed by atoms with van der Waals surface area (Å²) in [6, 6.07) is 2.27. The topological polar surface area (TPSA) is 103 Å². The average molecular weight is 482 g/mol. The van der Waals surface area contributed by atoms with Crippen LogP contribution in [0.25, 0.3) is 22.6 Å². The number of rotatable bonds is 3. The number of alkyl halides is 3. The molecule has 4 aromatic heterocycles. The van der Waals surface area contributed by atoms with Gasteiger partial charge < -0.3 is 9.64 Å². The maximum Gasteiger partial charge on any atom is 0.417 e. The summed E-state index contributed by atoms with van der Waals surface area (Å²) in [6.07, 6.45) is -0.526. The quantitative estimate of drug-likeness (QED) is 0.431. The van der Waals surface area contributed by atoms with E-state index in [1.807, 2.05) is 18.7 Å². The molecular weight excluding hydrogens is 461 g/mol. The SMILES string of the molecule is Cc1ncc([C@H]2CN(c3nc(-c4ccc(C(F)(F)F)cn4)c4nc(C)c(C)nc4n3)CCO2)cn1. The molecule has 12 heteroatoms. The fraction of sp³-hybridized carbons (Fsp3) is 0.348. The van der Waals surface area contributed by atoms with Crippen LogP contribution >= 0.6 is 0 Å². The Balaban J connectivity index is 1.57. The number of aryl methyl sites for hydroxylation is 3. The average Bonchev–Trinajstić information content (AvgIpc) is 2.84. The van der Waals surface area contributed by atoms with Gasteiger partial charge in [0.25, 0.3) is 0 Å². The summed E-state index contributed by atoms with van der Waals surface area (Å²) in [7, 11) is 0. The normalized spacial score (nSPS) is 16.6. The molecule has 0 N–H and O–H groups in total. The predicted octanol–water partition coefficient (Wildman–Crippen LogP) is 3.79. The van der Waals surface area contributed by atoms with Crippen LogP contribution in [0, 0.1) is 20.8 Å². The number of fused-ring (bicyclic) bond motifs is 1. The summed E-state index contributed by atoms with van der Waals surface area (Å²) in [4.78, 5) is 32.9. The molecule has 1 aliphatic rings. The molecule has 0 spiro atoms. The molecule has 180 valence electrons. The third kappa shape index (κ3) is 4.61. The first kappa shape index (κ1) is 23.0. The molecule has 9 nitrogen and oxygen atoms in total. The lowest BCUT2D eigenvalue weighted by molar-refractivity contribution is -0.137. The van der Waals surface area contributed by atoms with Gasteiger partial charge in [-0.2, -0.15) is 18.2 Å². The van der Waals surface area contributed by atoms with Gasteiger partial charge in [0.15, 0.2) is 5.65 Å². The second-order valence-electron chi connectivity index (χ2n) is 8.24. The summed E-state index contributed by atoms with van der Waals surface area (Å²) in [5, 5.41) is 0. The Morgan fingerprint density at radius 2 is 1.66 bits per heavy atom. The highest BCUT2D eigenvalue weighted by molar-refractivity contribution is 5.86. The Hall–Kier alpha value is -3.80. The Kier molecular flexibility index (Phi) is 5.75. The number of aromatic nitrogens is 7. The molecule has 0 saturated carbocycles. The van der Waals surface area contributed by atoms with E-state index >= 15 is 0 Å². The van der Waals surface area contributed by atoms with Crippen molar-refractivity contribution in [3.05, 3.63) is 59.1 Å². The summed E-state index contributed by atoms with van der Waals surface area (Å²) >= 11 is 0. The van der Waals surface area contributed by atoms with Crippen LogP contribution in [0.3, 0.4) is 0 Å². The van der Waals surface area contributed by atoms with Gasteiger partial charge in [0.2, 0.25) is 5.95 Å². The van der Waals surface area contributed by atoms with Crippen molar-refractivity contribution in [2.45, 2.75) is 33.1 Å². The molecular formula is C23H21F3N8O. The number of ether oxygens (including phenoxy) is 1. The van der Waals surface area contributed by atoms with Crippen LogP contribution in [-0.4, -0.2) is 54.6 Å². The van der Waals surface area contributed by atoms with E-state index in [0.29, 0.717) is 59.7 Å². The first-order valence-corrected chi connectivity index (χ1v) is 10.9. The minimum atomic E-state index is -4.49. The zero-order valence-corrected chi connectivity index (χ0v) is 19.2. The van der Waals surface area contributed by atoms with Crippen molar-refractivity contribution in [1.29, 1.82) is 0 Å². The van der Waals surface area contributed by atoms with Crippen molar-refractivity contribution >= 4 is 17.1 Å². The van der Waals surface area contributed by atoms with Gasteiger partial charge in [-0.1, -0.05) is 0 Å². The van der Waals surface area contributed by atoms with Crippen LogP contribution in [0.5, 0.6) is 0 Å². The lowest BCUT2D eigenvalue weighted by Gasteiger charge is -2.33. The van der Waals surface area contributed by atoms with Gasteiger partial charge in [0.1, 0.15) is 23.1 Å². The zero-order valence-electron chi connectivity index (χ0n) is 19.2. The highest BCUT2D eigenvalue weighted by Gasteiger charge is 2.31. The number of anilines is 1. The van der Waals surface area contributed by atoms with Gasteiger partial charge in [-0.3, -0.25) is 4.98 Å². The van der Waals surface area contributed by atoms with E-state index in [-0.39, 0.29) is 11.8 Å². The van der Waals surface area contributed by atoms with Crippen molar-refractivity contribution in [2.75, 3.05) is 24.6 Å². The predicted molar refractivity (Wildman–Crippen MR) is 121 cm³/mol. The molecule has 1 atom stereocenters. The Morgan fingerprint density at radius 3 is 2.34 bits per heavy atom. The van der Waals surface area contributed by atoms with E-state index in [0.717, 1.165) is 17.8 Å². The highest BCUT2D eigenvalue weighted by atomic mass is 19.4. The van der Waals surface area contributed by atoms with Crippen LogP contribution in [0.2, 0.25) is 0 Å². The van der Waals surface area contributed by atoms with E-state index in [2.05, 4.69) is 34.9 Å². The summed E-state index contributed by atoms with van der Waals surface area (Å²) in [5.41, 5.74) is 2.65. The van der Waals surface area contributed by atoms with Gasteiger partial charge in [-0.05, 0) is 32.9 Å². The van der Waals surface area contributed by atoms with E-state index in [4.69, 9.17) is 4.74 Å². The summed E-state index contributed by atoms with van der Waals surface area (Å²) in [6.45, 7) is 6.81. The standard InChI is InChI=1S/C23H21F3N8O/c1-12-13(2)31-21-20(30-12)19(17-5-4-16(10-29-17)23(24,25)26)32-22(33-21)34-6-7-35-18(11-34)15-8-27-14(3)28-9-15/h4-5,8-10,18H,6-7,11H2,1-3H3/t18-/m1/s1. The zero-order chi connectivity index (χ0) is 24.7. The molecule has 5 heterocycles. The number of halogens is 3. The fourth-order valence-electron chi connectivity index (χ4n) is 3.72. The van der Waals surface area contributed by atoms with Gasteiger partial charge in [-0.15, -0.1) is 0 Å². The monoisotopic (exact) mass is 482 g/mol. The molecule has 0 aromatic carbocycles. The van der Waals surface area contributed by atoms with Crippen molar-refractivity contribution in [1.82, 2.24) is 34.9 Å². The lowest BCUT2D eigenvalue weighted by Crippen LogP contribution is -2.39. The Morgan fingerprint density at radius 1 is 0.914 bits per heavy atom. The fourth-order valence-corrected chi connectivity index (χ4v) is 3.72. The second-order valence-corrected chi connectivity index (χ2v) is 8.24. The summed E-state index contributed by atoms with van der Waals surface area (Å²) in [5.74, 6) is 1.03. The van der Waals surface area contributed by atoms with Crippen LogP contribution in [0.15, 0.2) is 30.7 Å². The molecule has 0 aliphatic carbocycles. The van der Waals surface area contributed by atoms with Crippen molar-refractivity contribution < 1.29 is 17.9 Å². The molecule has 1 fully saturated rings. The Bertz CT molecular complexity index is 1380. The molecule has 1 aliphatic heterocycles. The van der Waals surface area contributed by atoms with Crippen LogP contribution in [0.1, 0.15) is 34.4 Å². The van der Waals surface area contributed by atoms with Gasteiger partial charge in [0, 0.05) is 30.7 Å². The van der Waals surface area contributed by atoms with Crippen LogP contribution < -0.4 is 4.90 Å². The minimum absolute atomic E-state index is 0.251. The third-order valence-electron chi connectivity index (χ3n) is 5.79. The lowest BCUT2D eigenvalue weighted by atomic mass is 10.1. The third-order valence-corrected chi connectivity index (χ3v) is 5.79. The van der Waals surface area contributed by atoms with E-state index < -0.39 is 11.7 Å². The van der Waals surface area contributed by atoms with Gasteiger partial charge in [-0.25, -0.2) is 24.9 Å². The number of nitrogens with zero attached hydrogens (tertiary/aromatic N) is 8. The second kappa shape index (κ2) is 8.77. The number of hydrogen-bond donors (Lipinski definition) is 0. The first-order valence-electron chi connectivity index (χ1n) is 10.9. The molecule has 0 unspecified atom stereocenters. The number of hydrogen-bond acceptors (Lipinski definition) is 9. The van der Waals surface area contributed by atoms with Crippen molar-refractivity contribution in [3.8, 4) is 11.4 Å². The molecule has 0 amide bonds. The molecule has 0 bridgehead atoms. The maximum atomic E-state index is 13.1. The van der Waals surface area contributed by atoms with E-state index in [9.17, 15) is 13.2 Å². The molecule has 4 aromatic rings.